The van der Waals surface area contributed by atoms with Crippen molar-refractivity contribution in [2.45, 2.75) is 12.5 Å². The number of hydrogen-bond donors (Lipinski definition) is 2. The maximum Gasteiger partial charge on any atom is 0.130 e. The molecule has 0 saturated carbocycles. The molecule has 1 unspecified atom stereocenters. The van der Waals surface area contributed by atoms with Crippen molar-refractivity contribution in [3.05, 3.63) is 71.0 Å². The second-order valence-electron chi connectivity index (χ2n) is 4.19. The van der Waals surface area contributed by atoms with E-state index in [1.165, 1.54) is 24.3 Å². The average Bonchev–Trinajstić information content (AvgIpc) is 2.37. The van der Waals surface area contributed by atoms with Crippen LogP contribution in [0, 0.1) is 17.5 Å². The van der Waals surface area contributed by atoms with Crippen molar-refractivity contribution < 1.29 is 13.2 Å². The quantitative estimate of drug-likeness (QED) is 0.659. The average molecular weight is 266 g/mol. The van der Waals surface area contributed by atoms with Crippen LogP contribution in [0.4, 0.5) is 13.2 Å². The summed E-state index contributed by atoms with van der Waals surface area (Å²) in [5, 5.41) is 0. The van der Waals surface area contributed by atoms with Gasteiger partial charge in [0.15, 0.2) is 0 Å². The van der Waals surface area contributed by atoms with Gasteiger partial charge >= 0.3 is 0 Å². The molecule has 0 heterocycles. The fraction of sp³-hybridized carbons (Fsp3) is 0.143. The van der Waals surface area contributed by atoms with Gasteiger partial charge in [0.2, 0.25) is 0 Å². The maximum absolute atomic E-state index is 13.7. The highest BCUT2D eigenvalue weighted by molar-refractivity contribution is 5.26. The van der Waals surface area contributed by atoms with Gasteiger partial charge in [0, 0.05) is 5.56 Å². The number of rotatable bonds is 4. The largest absolute Gasteiger partial charge is 0.271 e. The second kappa shape index (κ2) is 5.86. The lowest BCUT2D eigenvalue weighted by molar-refractivity contribution is 0.472. The summed E-state index contributed by atoms with van der Waals surface area (Å²) in [5.74, 6) is 3.59. The third-order valence-electron chi connectivity index (χ3n) is 2.88. The van der Waals surface area contributed by atoms with Gasteiger partial charge in [-0.1, -0.05) is 18.2 Å². The summed E-state index contributed by atoms with van der Waals surface area (Å²) in [6.07, 6.45) is 0.187. The zero-order valence-corrected chi connectivity index (χ0v) is 10.0. The highest BCUT2D eigenvalue weighted by atomic mass is 19.1. The molecule has 2 aromatic rings. The van der Waals surface area contributed by atoms with Crippen LogP contribution in [0.2, 0.25) is 0 Å². The van der Waals surface area contributed by atoms with E-state index in [0.717, 1.165) is 12.1 Å². The summed E-state index contributed by atoms with van der Waals surface area (Å²) in [4.78, 5) is 0. The molecule has 0 spiro atoms. The fourth-order valence-corrected chi connectivity index (χ4v) is 1.99. The Morgan fingerprint density at radius 3 is 2.21 bits per heavy atom. The van der Waals surface area contributed by atoms with Crippen molar-refractivity contribution in [2.24, 2.45) is 5.84 Å². The summed E-state index contributed by atoms with van der Waals surface area (Å²) in [6, 6.07) is 8.67. The van der Waals surface area contributed by atoms with Crippen LogP contribution in [0.3, 0.4) is 0 Å². The number of nitrogens with two attached hydrogens (primary N) is 1. The molecular weight excluding hydrogens is 253 g/mol. The molecular formula is C14H13F3N2. The number of halogens is 3. The van der Waals surface area contributed by atoms with Crippen LogP contribution in [0.15, 0.2) is 42.5 Å². The molecule has 0 amide bonds. The molecule has 0 fully saturated rings. The first-order chi connectivity index (χ1) is 9.11. The second-order valence-corrected chi connectivity index (χ2v) is 4.19. The van der Waals surface area contributed by atoms with Gasteiger partial charge in [-0.15, -0.1) is 0 Å². The van der Waals surface area contributed by atoms with Crippen molar-refractivity contribution in [2.75, 3.05) is 0 Å². The Morgan fingerprint density at radius 2 is 1.63 bits per heavy atom. The van der Waals surface area contributed by atoms with E-state index in [2.05, 4.69) is 5.43 Å². The first-order valence-corrected chi connectivity index (χ1v) is 5.76. The SMILES string of the molecule is NNC(Cc1cccc(F)c1)c1c(F)cccc1F. The molecule has 0 aliphatic heterocycles. The van der Waals surface area contributed by atoms with Gasteiger partial charge in [-0.3, -0.25) is 11.3 Å². The van der Waals surface area contributed by atoms with Crippen LogP contribution >= 0.6 is 0 Å². The lowest BCUT2D eigenvalue weighted by atomic mass is 9.98. The van der Waals surface area contributed by atoms with E-state index in [1.807, 2.05) is 0 Å². The summed E-state index contributed by atoms with van der Waals surface area (Å²) in [7, 11) is 0. The van der Waals surface area contributed by atoms with E-state index in [-0.39, 0.29) is 12.0 Å². The maximum atomic E-state index is 13.7. The summed E-state index contributed by atoms with van der Waals surface area (Å²) in [6.45, 7) is 0. The van der Waals surface area contributed by atoms with E-state index in [1.54, 1.807) is 6.07 Å². The zero-order valence-electron chi connectivity index (χ0n) is 10.0. The molecule has 0 radical (unpaired) electrons. The lowest BCUT2D eigenvalue weighted by Crippen LogP contribution is -2.31. The molecule has 2 rings (SSSR count). The molecule has 0 saturated heterocycles. The van der Waals surface area contributed by atoms with Crippen molar-refractivity contribution in [1.29, 1.82) is 0 Å². The third kappa shape index (κ3) is 3.13. The molecule has 5 heteroatoms. The number of hydrogen-bond acceptors (Lipinski definition) is 2. The van der Waals surface area contributed by atoms with E-state index >= 15 is 0 Å². The molecule has 1 atom stereocenters. The third-order valence-corrected chi connectivity index (χ3v) is 2.88. The minimum Gasteiger partial charge on any atom is -0.271 e. The molecule has 0 aromatic heterocycles. The predicted octanol–water partition coefficient (Wildman–Crippen LogP) is 2.85. The molecule has 100 valence electrons. The molecule has 19 heavy (non-hydrogen) atoms. The van der Waals surface area contributed by atoms with Gasteiger partial charge in [-0.25, -0.2) is 13.2 Å². The van der Waals surface area contributed by atoms with Gasteiger partial charge in [-0.2, -0.15) is 0 Å². The highest BCUT2D eigenvalue weighted by Gasteiger charge is 2.19. The summed E-state index contributed by atoms with van der Waals surface area (Å²) >= 11 is 0. The van der Waals surface area contributed by atoms with Gasteiger partial charge in [0.05, 0.1) is 6.04 Å². The predicted molar refractivity (Wildman–Crippen MR) is 66.5 cm³/mol. The Morgan fingerprint density at radius 1 is 1.00 bits per heavy atom. The van der Waals surface area contributed by atoms with E-state index in [9.17, 15) is 13.2 Å². The molecule has 0 bridgehead atoms. The summed E-state index contributed by atoms with van der Waals surface area (Å²) < 4.78 is 40.4. The standard InChI is InChI=1S/C14H13F3N2/c15-10-4-1-3-9(7-10)8-13(19-18)14-11(16)5-2-6-12(14)17/h1-7,13,19H,8,18H2. The number of hydrazine groups is 1. The minimum absolute atomic E-state index is 0.144. The Bertz CT molecular complexity index is 552. The van der Waals surface area contributed by atoms with Crippen molar-refractivity contribution in [1.82, 2.24) is 5.43 Å². The number of benzene rings is 2. The Kier molecular flexibility index (Phi) is 4.19. The highest BCUT2D eigenvalue weighted by Crippen LogP contribution is 2.23. The van der Waals surface area contributed by atoms with E-state index < -0.39 is 23.5 Å². The van der Waals surface area contributed by atoms with E-state index in [0.29, 0.717) is 5.56 Å². The van der Waals surface area contributed by atoms with Crippen LogP contribution in [-0.2, 0) is 6.42 Å². The van der Waals surface area contributed by atoms with Crippen LogP contribution in [-0.4, -0.2) is 0 Å². The smallest absolute Gasteiger partial charge is 0.130 e. The lowest BCUT2D eigenvalue weighted by Gasteiger charge is -2.17. The molecule has 0 aliphatic rings. The normalized spacial score (nSPS) is 12.4. The number of nitrogens with one attached hydrogen (secondary N) is 1. The topological polar surface area (TPSA) is 38.0 Å². The van der Waals surface area contributed by atoms with Crippen LogP contribution < -0.4 is 11.3 Å². The van der Waals surface area contributed by atoms with Crippen LogP contribution in [0.25, 0.3) is 0 Å². The Labute approximate surface area is 109 Å². The monoisotopic (exact) mass is 266 g/mol. The van der Waals surface area contributed by atoms with Crippen LogP contribution in [0.1, 0.15) is 17.2 Å². The summed E-state index contributed by atoms with van der Waals surface area (Å²) in [5.41, 5.74) is 2.82. The van der Waals surface area contributed by atoms with Crippen molar-refractivity contribution >= 4 is 0 Å². The first kappa shape index (κ1) is 13.6. The van der Waals surface area contributed by atoms with Crippen LogP contribution in [0.5, 0.6) is 0 Å². The molecule has 0 aliphatic carbocycles. The fourth-order valence-electron chi connectivity index (χ4n) is 1.99. The molecule has 3 N–H and O–H groups in total. The van der Waals surface area contributed by atoms with Crippen molar-refractivity contribution in [3.8, 4) is 0 Å². The van der Waals surface area contributed by atoms with Gasteiger partial charge in [0.1, 0.15) is 17.5 Å². The molecule has 2 aromatic carbocycles. The van der Waals surface area contributed by atoms with Crippen molar-refractivity contribution in [3.63, 3.8) is 0 Å². The van der Waals surface area contributed by atoms with E-state index in [4.69, 9.17) is 5.84 Å². The Hall–Kier alpha value is -1.85. The van der Waals surface area contributed by atoms with Gasteiger partial charge < -0.3 is 0 Å². The zero-order chi connectivity index (χ0) is 13.8. The van der Waals surface area contributed by atoms with Gasteiger partial charge in [-0.05, 0) is 36.2 Å². The Balaban J connectivity index is 2.30. The minimum atomic E-state index is -0.761. The first-order valence-electron chi connectivity index (χ1n) is 5.76. The van der Waals surface area contributed by atoms with Gasteiger partial charge in [0.25, 0.3) is 0 Å². The molecule has 2 nitrogen and oxygen atoms in total.